The number of hydrogen-bond donors (Lipinski definition) is 1. The van der Waals surface area contributed by atoms with E-state index in [1.807, 2.05) is 4.90 Å². The predicted molar refractivity (Wildman–Crippen MR) is 80.1 cm³/mol. The van der Waals surface area contributed by atoms with Crippen LogP contribution in [-0.2, 0) is 4.79 Å². The molecule has 0 aromatic carbocycles. The minimum atomic E-state index is 0.168. The first-order chi connectivity index (χ1) is 8.42. The lowest BCUT2D eigenvalue weighted by Crippen LogP contribution is -2.41. The van der Waals surface area contributed by atoms with Crippen LogP contribution in [0.4, 0.5) is 0 Å². The van der Waals surface area contributed by atoms with Crippen LogP contribution >= 0.6 is 11.8 Å². The summed E-state index contributed by atoms with van der Waals surface area (Å²) >= 11 is 1.74. The molecule has 0 radical (unpaired) electrons. The molecule has 0 spiro atoms. The quantitative estimate of drug-likeness (QED) is 0.834. The molecule has 1 heterocycles. The molecule has 3 nitrogen and oxygen atoms in total. The van der Waals surface area contributed by atoms with E-state index < -0.39 is 0 Å². The van der Waals surface area contributed by atoms with E-state index in [2.05, 4.69) is 33.0 Å². The van der Waals surface area contributed by atoms with Gasteiger partial charge in [0.2, 0.25) is 5.91 Å². The highest BCUT2D eigenvalue weighted by Crippen LogP contribution is 2.23. The summed E-state index contributed by atoms with van der Waals surface area (Å²) < 4.78 is 0.168. The zero-order valence-electron chi connectivity index (χ0n) is 12.3. The van der Waals surface area contributed by atoms with Gasteiger partial charge in [0, 0.05) is 17.8 Å². The van der Waals surface area contributed by atoms with E-state index in [4.69, 9.17) is 0 Å². The van der Waals surface area contributed by atoms with Crippen molar-refractivity contribution in [3.8, 4) is 0 Å². The summed E-state index contributed by atoms with van der Waals surface area (Å²) in [5, 5.41) is 3.42. The fourth-order valence-corrected chi connectivity index (χ4v) is 2.91. The van der Waals surface area contributed by atoms with Gasteiger partial charge < -0.3 is 10.2 Å². The predicted octanol–water partition coefficient (Wildman–Crippen LogP) is 2.37. The fraction of sp³-hybridized carbons (Fsp3) is 0.929. The Balaban J connectivity index is 2.36. The van der Waals surface area contributed by atoms with Crippen LogP contribution in [0, 0.1) is 5.92 Å². The normalized spacial score (nSPS) is 20.8. The number of nitrogens with zero attached hydrogens (tertiary/aromatic N) is 1. The Morgan fingerprint density at radius 1 is 1.44 bits per heavy atom. The molecule has 1 aliphatic rings. The van der Waals surface area contributed by atoms with Crippen molar-refractivity contribution in [2.75, 3.05) is 31.9 Å². The van der Waals surface area contributed by atoms with E-state index in [1.54, 1.807) is 11.8 Å². The Morgan fingerprint density at radius 2 is 2.17 bits per heavy atom. The summed E-state index contributed by atoms with van der Waals surface area (Å²) in [6, 6.07) is 0. The Labute approximate surface area is 116 Å². The van der Waals surface area contributed by atoms with Crippen LogP contribution in [0.15, 0.2) is 0 Å². The second-order valence-electron chi connectivity index (χ2n) is 6.05. The smallest absolute Gasteiger partial charge is 0.232 e. The minimum absolute atomic E-state index is 0.168. The zero-order valence-corrected chi connectivity index (χ0v) is 13.1. The first-order valence-electron chi connectivity index (χ1n) is 7.05. The number of carbonyl (C=O) groups excluding carboxylic acids is 1. The monoisotopic (exact) mass is 272 g/mol. The van der Waals surface area contributed by atoms with Crippen LogP contribution in [0.1, 0.15) is 40.5 Å². The molecule has 0 aromatic heterocycles. The Kier molecular flexibility index (Phi) is 6.50. The van der Waals surface area contributed by atoms with Gasteiger partial charge >= 0.3 is 0 Å². The van der Waals surface area contributed by atoms with Crippen molar-refractivity contribution >= 4 is 17.7 Å². The van der Waals surface area contributed by atoms with Gasteiger partial charge in [-0.25, -0.2) is 0 Å². The number of nitrogens with one attached hydrogen (secondary N) is 1. The van der Waals surface area contributed by atoms with Gasteiger partial charge in [-0.1, -0.05) is 20.8 Å². The summed E-state index contributed by atoms with van der Waals surface area (Å²) in [6.07, 6.45) is 2.50. The van der Waals surface area contributed by atoms with E-state index in [0.717, 1.165) is 26.2 Å². The van der Waals surface area contributed by atoms with Crippen molar-refractivity contribution in [1.82, 2.24) is 10.2 Å². The molecule has 0 bridgehead atoms. The van der Waals surface area contributed by atoms with Gasteiger partial charge in [0.05, 0.1) is 5.75 Å². The van der Waals surface area contributed by atoms with Crippen molar-refractivity contribution < 1.29 is 4.79 Å². The summed E-state index contributed by atoms with van der Waals surface area (Å²) in [5.41, 5.74) is 0. The number of rotatable bonds is 5. The maximum atomic E-state index is 12.2. The van der Waals surface area contributed by atoms with E-state index in [-0.39, 0.29) is 4.75 Å². The van der Waals surface area contributed by atoms with Gasteiger partial charge in [-0.05, 0) is 38.8 Å². The van der Waals surface area contributed by atoms with Gasteiger partial charge in [-0.2, -0.15) is 0 Å². The van der Waals surface area contributed by atoms with Gasteiger partial charge in [0.1, 0.15) is 0 Å². The summed E-state index contributed by atoms with van der Waals surface area (Å²) in [6.45, 7) is 12.5. The maximum Gasteiger partial charge on any atom is 0.232 e. The zero-order chi connectivity index (χ0) is 13.6. The Hall–Kier alpha value is -0.220. The molecular weight excluding hydrogens is 244 g/mol. The molecule has 18 heavy (non-hydrogen) atoms. The van der Waals surface area contributed by atoms with E-state index in [1.165, 1.54) is 12.8 Å². The van der Waals surface area contributed by atoms with Gasteiger partial charge in [-0.15, -0.1) is 11.8 Å². The number of carbonyl (C=O) groups is 1. The highest BCUT2D eigenvalue weighted by atomic mass is 32.2. The van der Waals surface area contributed by atoms with E-state index in [9.17, 15) is 4.79 Å². The van der Waals surface area contributed by atoms with Crippen LogP contribution in [0.25, 0.3) is 0 Å². The molecule has 1 N–H and O–H groups in total. The standard InChI is InChI=1S/C14H28N2OS/c1-5-16(10-12-7-6-8-15-9-12)13(17)11-18-14(2,3)4/h12,15H,5-11H2,1-4H3. The molecule has 1 atom stereocenters. The third-order valence-corrected chi connectivity index (χ3v) is 4.50. The van der Waals surface area contributed by atoms with Crippen LogP contribution in [0.3, 0.4) is 0 Å². The van der Waals surface area contributed by atoms with Crippen LogP contribution in [0.2, 0.25) is 0 Å². The third-order valence-electron chi connectivity index (χ3n) is 3.24. The van der Waals surface area contributed by atoms with Crippen molar-refractivity contribution in [2.24, 2.45) is 5.92 Å². The molecule has 1 unspecified atom stereocenters. The molecule has 0 aliphatic carbocycles. The summed E-state index contributed by atoms with van der Waals surface area (Å²) in [7, 11) is 0. The number of thioether (sulfide) groups is 1. The molecule has 1 fully saturated rings. The average Bonchev–Trinajstić information content (AvgIpc) is 2.33. The van der Waals surface area contributed by atoms with Gasteiger partial charge in [-0.3, -0.25) is 4.79 Å². The lowest BCUT2D eigenvalue weighted by atomic mass is 9.99. The number of amides is 1. The van der Waals surface area contributed by atoms with Crippen molar-refractivity contribution in [2.45, 2.75) is 45.3 Å². The van der Waals surface area contributed by atoms with Crippen LogP contribution in [-0.4, -0.2) is 47.5 Å². The SMILES string of the molecule is CCN(CC1CCCNC1)C(=O)CSC(C)(C)C. The highest BCUT2D eigenvalue weighted by Gasteiger charge is 2.21. The first kappa shape index (κ1) is 15.8. The van der Waals surface area contributed by atoms with Crippen molar-refractivity contribution in [1.29, 1.82) is 0 Å². The second-order valence-corrected chi connectivity index (χ2v) is 7.85. The largest absolute Gasteiger partial charge is 0.342 e. The number of hydrogen-bond acceptors (Lipinski definition) is 3. The minimum Gasteiger partial charge on any atom is -0.342 e. The molecule has 1 aliphatic heterocycles. The average molecular weight is 272 g/mol. The van der Waals surface area contributed by atoms with Crippen molar-refractivity contribution in [3.63, 3.8) is 0 Å². The Morgan fingerprint density at radius 3 is 2.67 bits per heavy atom. The lowest BCUT2D eigenvalue weighted by molar-refractivity contribution is -0.128. The fourth-order valence-electron chi connectivity index (χ4n) is 2.17. The van der Waals surface area contributed by atoms with E-state index in [0.29, 0.717) is 17.6 Å². The van der Waals surface area contributed by atoms with Crippen LogP contribution in [0.5, 0.6) is 0 Å². The maximum absolute atomic E-state index is 12.2. The molecule has 4 heteroatoms. The molecule has 1 amide bonds. The molecular formula is C14H28N2OS. The highest BCUT2D eigenvalue weighted by molar-refractivity contribution is 8.01. The molecule has 106 valence electrons. The van der Waals surface area contributed by atoms with Crippen LogP contribution < -0.4 is 5.32 Å². The molecule has 1 rings (SSSR count). The molecule has 0 aromatic rings. The van der Waals surface area contributed by atoms with Crippen molar-refractivity contribution in [3.05, 3.63) is 0 Å². The second kappa shape index (κ2) is 7.39. The molecule has 1 saturated heterocycles. The molecule has 0 saturated carbocycles. The number of piperidine rings is 1. The van der Waals surface area contributed by atoms with Gasteiger partial charge in [0.25, 0.3) is 0 Å². The first-order valence-corrected chi connectivity index (χ1v) is 8.03. The topological polar surface area (TPSA) is 32.3 Å². The van der Waals surface area contributed by atoms with Gasteiger partial charge in [0.15, 0.2) is 0 Å². The summed E-state index contributed by atoms with van der Waals surface area (Å²) in [4.78, 5) is 14.2. The Bertz CT molecular complexity index is 257. The summed E-state index contributed by atoms with van der Waals surface area (Å²) in [5.74, 6) is 1.54. The third kappa shape index (κ3) is 6.10. The van der Waals surface area contributed by atoms with E-state index >= 15 is 0 Å². The lowest BCUT2D eigenvalue weighted by Gasteiger charge is -2.30.